The van der Waals surface area contributed by atoms with Gasteiger partial charge in [0.2, 0.25) is 11.8 Å². The molecule has 0 saturated carbocycles. The quantitative estimate of drug-likeness (QED) is 0.506. The van der Waals surface area contributed by atoms with Gasteiger partial charge in [-0.25, -0.2) is 0 Å². The first-order valence-corrected chi connectivity index (χ1v) is 10.7. The van der Waals surface area contributed by atoms with Crippen molar-refractivity contribution in [3.63, 3.8) is 0 Å². The van der Waals surface area contributed by atoms with Crippen LogP contribution in [0.5, 0.6) is 0 Å². The Labute approximate surface area is 187 Å². The van der Waals surface area contributed by atoms with Gasteiger partial charge < -0.3 is 10.2 Å². The van der Waals surface area contributed by atoms with Crippen LogP contribution in [0.2, 0.25) is 15.1 Å². The summed E-state index contributed by atoms with van der Waals surface area (Å²) in [6, 6.07) is 11.7. The highest BCUT2D eigenvalue weighted by atomic mass is 35.5. The Morgan fingerprint density at radius 3 is 2.24 bits per heavy atom. The molecule has 0 saturated heterocycles. The Morgan fingerprint density at radius 1 is 1.03 bits per heavy atom. The number of carbonyl (C=O) groups is 2. The van der Waals surface area contributed by atoms with E-state index < -0.39 is 6.04 Å². The average Bonchev–Trinajstić information content (AvgIpc) is 2.70. The number of nitrogens with one attached hydrogen (secondary N) is 1. The molecule has 1 atom stereocenters. The minimum absolute atomic E-state index is 0.0126. The van der Waals surface area contributed by atoms with Crippen LogP contribution in [0.3, 0.4) is 0 Å². The van der Waals surface area contributed by atoms with Gasteiger partial charge in [0.15, 0.2) is 0 Å². The van der Waals surface area contributed by atoms with Gasteiger partial charge in [-0.2, -0.15) is 0 Å². The first-order valence-electron chi connectivity index (χ1n) is 9.58. The third-order valence-electron chi connectivity index (χ3n) is 4.65. The molecule has 0 radical (unpaired) electrons. The summed E-state index contributed by atoms with van der Waals surface area (Å²) < 4.78 is 0. The molecule has 2 aromatic carbocycles. The molecule has 0 fully saturated rings. The van der Waals surface area contributed by atoms with Crippen molar-refractivity contribution in [1.29, 1.82) is 0 Å². The van der Waals surface area contributed by atoms with Crippen LogP contribution in [0.25, 0.3) is 0 Å². The van der Waals surface area contributed by atoms with Crippen molar-refractivity contribution in [2.45, 2.75) is 45.7 Å². The van der Waals surface area contributed by atoms with Gasteiger partial charge in [-0.05, 0) is 48.7 Å². The maximum atomic E-state index is 13.2. The molecule has 0 aliphatic rings. The van der Waals surface area contributed by atoms with E-state index in [1.807, 2.05) is 12.1 Å². The Morgan fingerprint density at radius 2 is 1.66 bits per heavy atom. The van der Waals surface area contributed by atoms with Crippen LogP contribution in [0, 0.1) is 0 Å². The van der Waals surface area contributed by atoms with Crippen molar-refractivity contribution < 1.29 is 9.59 Å². The highest BCUT2D eigenvalue weighted by Crippen LogP contribution is 2.26. The van der Waals surface area contributed by atoms with Crippen molar-refractivity contribution in [3.05, 3.63) is 68.7 Å². The number of rotatable bonds is 9. The van der Waals surface area contributed by atoms with E-state index in [4.69, 9.17) is 34.8 Å². The van der Waals surface area contributed by atoms with Gasteiger partial charge in [-0.15, -0.1) is 0 Å². The predicted octanol–water partition coefficient (Wildman–Crippen LogP) is 5.52. The zero-order valence-electron chi connectivity index (χ0n) is 16.6. The monoisotopic (exact) mass is 454 g/mol. The maximum absolute atomic E-state index is 13.2. The second-order valence-corrected chi connectivity index (χ2v) is 8.10. The predicted molar refractivity (Wildman–Crippen MR) is 120 cm³/mol. The number of hydrogen-bond donors (Lipinski definition) is 1. The number of halogens is 3. The topological polar surface area (TPSA) is 49.4 Å². The molecule has 2 rings (SSSR count). The summed E-state index contributed by atoms with van der Waals surface area (Å²) in [7, 11) is 0. The Bertz CT molecular complexity index is 820. The molecule has 0 aliphatic heterocycles. The molecule has 156 valence electrons. The fourth-order valence-electron chi connectivity index (χ4n) is 2.86. The lowest BCUT2D eigenvalue weighted by Gasteiger charge is -2.29. The van der Waals surface area contributed by atoms with Crippen LogP contribution >= 0.6 is 34.8 Å². The second kappa shape index (κ2) is 11.4. The molecule has 0 bridgehead atoms. The van der Waals surface area contributed by atoms with Crippen LogP contribution in [0.15, 0.2) is 42.5 Å². The molecule has 0 unspecified atom stereocenters. The smallest absolute Gasteiger partial charge is 0.242 e. The van der Waals surface area contributed by atoms with E-state index in [9.17, 15) is 9.59 Å². The molecular weight excluding hydrogens is 431 g/mol. The SMILES string of the molecule is CCCCNC(=O)[C@@H](C)N(Cc1ccc(Cl)cc1)C(=O)Cc1c(Cl)cccc1Cl. The molecule has 29 heavy (non-hydrogen) atoms. The Hall–Kier alpha value is -1.75. The van der Waals surface area contributed by atoms with E-state index in [2.05, 4.69) is 12.2 Å². The summed E-state index contributed by atoms with van der Waals surface area (Å²) in [5.41, 5.74) is 1.43. The van der Waals surface area contributed by atoms with Crippen molar-refractivity contribution in [1.82, 2.24) is 10.2 Å². The molecule has 0 aromatic heterocycles. The molecule has 0 aliphatic carbocycles. The molecule has 1 N–H and O–H groups in total. The highest BCUT2D eigenvalue weighted by Gasteiger charge is 2.27. The maximum Gasteiger partial charge on any atom is 0.242 e. The van der Waals surface area contributed by atoms with E-state index in [1.54, 1.807) is 42.2 Å². The van der Waals surface area contributed by atoms with E-state index in [1.165, 1.54) is 0 Å². The molecule has 7 heteroatoms. The first kappa shape index (κ1) is 23.5. The molecule has 2 amide bonds. The molecule has 0 heterocycles. The average molecular weight is 456 g/mol. The summed E-state index contributed by atoms with van der Waals surface area (Å²) >= 11 is 18.4. The van der Waals surface area contributed by atoms with Gasteiger partial charge in [0.25, 0.3) is 0 Å². The summed E-state index contributed by atoms with van der Waals surface area (Å²) in [4.78, 5) is 27.3. The fraction of sp³-hybridized carbons (Fsp3) is 0.364. The standard InChI is InChI=1S/C22H25Cl3N2O2/c1-3-4-12-26-22(29)15(2)27(14-16-8-10-17(23)11-9-16)21(28)13-18-19(24)6-5-7-20(18)25/h5-11,15H,3-4,12-14H2,1-2H3,(H,26,29)/t15-/m1/s1. The number of benzene rings is 2. The minimum Gasteiger partial charge on any atom is -0.354 e. The number of hydrogen-bond acceptors (Lipinski definition) is 2. The minimum atomic E-state index is -0.642. The van der Waals surface area contributed by atoms with Crippen molar-refractivity contribution in [2.24, 2.45) is 0 Å². The van der Waals surface area contributed by atoms with Crippen LogP contribution in [-0.2, 0) is 22.6 Å². The van der Waals surface area contributed by atoms with Gasteiger partial charge >= 0.3 is 0 Å². The normalized spacial score (nSPS) is 11.8. The van der Waals surface area contributed by atoms with Crippen molar-refractivity contribution in [3.8, 4) is 0 Å². The van der Waals surface area contributed by atoms with Crippen LogP contribution in [0.1, 0.15) is 37.8 Å². The first-order chi connectivity index (χ1) is 13.8. The van der Waals surface area contributed by atoms with Crippen LogP contribution in [0.4, 0.5) is 0 Å². The van der Waals surface area contributed by atoms with Crippen LogP contribution < -0.4 is 5.32 Å². The van der Waals surface area contributed by atoms with Gasteiger partial charge in [0.1, 0.15) is 6.04 Å². The molecule has 4 nitrogen and oxygen atoms in total. The number of nitrogens with zero attached hydrogens (tertiary/aromatic N) is 1. The highest BCUT2D eigenvalue weighted by molar-refractivity contribution is 6.36. The van der Waals surface area contributed by atoms with E-state index >= 15 is 0 Å². The third kappa shape index (κ3) is 6.91. The number of unbranched alkanes of at least 4 members (excludes halogenated alkanes) is 1. The zero-order chi connectivity index (χ0) is 21.4. The summed E-state index contributed by atoms with van der Waals surface area (Å²) in [6.07, 6.45) is 1.88. The zero-order valence-corrected chi connectivity index (χ0v) is 18.8. The third-order valence-corrected chi connectivity index (χ3v) is 5.61. The van der Waals surface area contributed by atoms with Crippen molar-refractivity contribution in [2.75, 3.05) is 6.54 Å². The van der Waals surface area contributed by atoms with E-state index in [-0.39, 0.29) is 24.8 Å². The summed E-state index contributed by atoms with van der Waals surface area (Å²) in [5.74, 6) is -0.417. The van der Waals surface area contributed by atoms with Gasteiger partial charge in [0.05, 0.1) is 6.42 Å². The van der Waals surface area contributed by atoms with E-state index in [0.29, 0.717) is 27.2 Å². The summed E-state index contributed by atoms with van der Waals surface area (Å²) in [6.45, 7) is 4.64. The molecule has 0 spiro atoms. The Balaban J connectivity index is 2.23. The van der Waals surface area contributed by atoms with Gasteiger partial charge in [0, 0.05) is 28.2 Å². The van der Waals surface area contributed by atoms with Gasteiger partial charge in [-0.1, -0.05) is 66.3 Å². The summed E-state index contributed by atoms with van der Waals surface area (Å²) in [5, 5.41) is 4.36. The second-order valence-electron chi connectivity index (χ2n) is 6.85. The molecule has 2 aromatic rings. The largest absolute Gasteiger partial charge is 0.354 e. The molecular formula is C22H25Cl3N2O2. The lowest BCUT2D eigenvalue weighted by molar-refractivity contribution is -0.140. The lowest BCUT2D eigenvalue weighted by Crippen LogP contribution is -2.48. The fourth-order valence-corrected chi connectivity index (χ4v) is 3.52. The number of carbonyl (C=O) groups excluding carboxylic acids is 2. The number of amides is 2. The van der Waals surface area contributed by atoms with Crippen molar-refractivity contribution >= 4 is 46.6 Å². The van der Waals surface area contributed by atoms with Crippen LogP contribution in [-0.4, -0.2) is 29.3 Å². The Kier molecular flexibility index (Phi) is 9.28. The van der Waals surface area contributed by atoms with E-state index in [0.717, 1.165) is 18.4 Å². The van der Waals surface area contributed by atoms with Gasteiger partial charge in [-0.3, -0.25) is 9.59 Å². The lowest BCUT2D eigenvalue weighted by atomic mass is 10.1.